The Morgan fingerprint density at radius 1 is 0.339 bits per heavy atom. The monoisotopic (exact) mass is 787 g/mol. The largest absolute Gasteiger partial charge is 0.309 e. The molecule has 5 heteroatoms. The normalized spacial score (nSPS) is 11.2. The highest BCUT2D eigenvalue weighted by molar-refractivity contribution is 6.26. The molecule has 2 heterocycles. The number of nitriles is 3. The summed E-state index contributed by atoms with van der Waals surface area (Å²) in [5, 5.41) is 36.8. The van der Waals surface area contributed by atoms with E-state index in [0.29, 0.717) is 27.8 Å². The third-order valence-corrected chi connectivity index (χ3v) is 12.1. The van der Waals surface area contributed by atoms with Crippen molar-refractivity contribution in [3.05, 3.63) is 217 Å². The molecule has 0 bridgehead atoms. The maximum Gasteiger partial charge on any atom is 0.100 e. The predicted octanol–water partition coefficient (Wildman–Crippen LogP) is 14.2. The van der Waals surface area contributed by atoms with Gasteiger partial charge in [-0.1, -0.05) is 146 Å². The number of para-hydroxylation sites is 3. The second-order valence-corrected chi connectivity index (χ2v) is 15.4. The first kappa shape index (κ1) is 36.2. The molecule has 11 rings (SSSR count). The van der Waals surface area contributed by atoms with Gasteiger partial charge in [0, 0.05) is 49.6 Å². The van der Waals surface area contributed by atoms with Crippen LogP contribution >= 0.6 is 0 Å². The van der Waals surface area contributed by atoms with Crippen molar-refractivity contribution in [1.29, 1.82) is 15.8 Å². The molecule has 0 atom stereocenters. The molecule has 0 amide bonds. The summed E-state index contributed by atoms with van der Waals surface area (Å²) in [4.78, 5) is 0. The summed E-state index contributed by atoms with van der Waals surface area (Å²) in [6.45, 7) is 0. The van der Waals surface area contributed by atoms with Crippen LogP contribution in [0.1, 0.15) is 16.7 Å². The minimum absolute atomic E-state index is 0.387. The fraction of sp³-hybridized carbons (Fsp3) is 0. The van der Waals surface area contributed by atoms with Crippen LogP contribution in [0.3, 0.4) is 0 Å². The lowest BCUT2D eigenvalue weighted by molar-refractivity contribution is 1.17. The molecule has 9 aromatic carbocycles. The van der Waals surface area contributed by atoms with Gasteiger partial charge in [-0.05, 0) is 82.4 Å². The first-order chi connectivity index (χ1) is 30.7. The fourth-order valence-electron chi connectivity index (χ4n) is 9.36. The van der Waals surface area contributed by atoms with E-state index in [0.717, 1.165) is 77.6 Å². The first-order valence-corrected chi connectivity index (χ1v) is 20.4. The highest BCUT2D eigenvalue weighted by atomic mass is 15.0. The Morgan fingerprint density at radius 3 is 1.55 bits per heavy atom. The Morgan fingerprint density at radius 2 is 0.887 bits per heavy atom. The smallest absolute Gasteiger partial charge is 0.100 e. The number of nitrogens with zero attached hydrogens (tertiary/aromatic N) is 5. The molecule has 62 heavy (non-hydrogen) atoms. The van der Waals surface area contributed by atoms with Crippen LogP contribution in [0.4, 0.5) is 0 Å². The second-order valence-electron chi connectivity index (χ2n) is 15.4. The quantitative estimate of drug-likeness (QED) is 0.168. The summed E-state index contributed by atoms with van der Waals surface area (Å²) in [6.07, 6.45) is 0. The minimum atomic E-state index is 0.387. The predicted molar refractivity (Wildman–Crippen MR) is 251 cm³/mol. The molecule has 0 unspecified atom stereocenters. The van der Waals surface area contributed by atoms with Crippen molar-refractivity contribution in [2.75, 3.05) is 0 Å². The Bertz CT molecular complexity index is 3690. The SMILES string of the molecule is N#Cc1cc(-c2cc(-c3ccccc3)c(C#N)c(-c3ccccc3)c2C#N)ccc1-c1ccc2c3ccc4c(c5ccccc5n4-c4ccccc4)c3n(-c3ccccc3)c2c1. The molecule has 286 valence electrons. The third kappa shape index (κ3) is 5.60. The summed E-state index contributed by atoms with van der Waals surface area (Å²) in [6, 6.07) is 75.1. The molecular weight excluding hydrogens is 755 g/mol. The van der Waals surface area contributed by atoms with Gasteiger partial charge < -0.3 is 9.13 Å². The number of hydrogen-bond acceptors (Lipinski definition) is 3. The van der Waals surface area contributed by atoms with Gasteiger partial charge in [-0.2, -0.15) is 15.8 Å². The lowest BCUT2D eigenvalue weighted by Crippen LogP contribution is -1.98. The van der Waals surface area contributed by atoms with E-state index in [4.69, 9.17) is 0 Å². The number of aromatic nitrogens is 2. The Kier molecular flexibility index (Phi) is 8.57. The summed E-state index contributed by atoms with van der Waals surface area (Å²) >= 11 is 0. The van der Waals surface area contributed by atoms with Crippen LogP contribution in [0.25, 0.3) is 99.5 Å². The number of benzene rings is 9. The number of hydrogen-bond donors (Lipinski definition) is 0. The van der Waals surface area contributed by atoms with Gasteiger partial charge in [-0.3, -0.25) is 0 Å². The Hall–Kier alpha value is -8.95. The molecular formula is C57H33N5. The van der Waals surface area contributed by atoms with E-state index < -0.39 is 0 Å². The van der Waals surface area contributed by atoms with Gasteiger partial charge in [0.2, 0.25) is 0 Å². The number of fused-ring (bicyclic) bond motifs is 7. The first-order valence-electron chi connectivity index (χ1n) is 20.4. The molecule has 5 nitrogen and oxygen atoms in total. The van der Waals surface area contributed by atoms with E-state index in [-0.39, 0.29) is 0 Å². The van der Waals surface area contributed by atoms with Crippen LogP contribution in [-0.2, 0) is 0 Å². The van der Waals surface area contributed by atoms with Crippen molar-refractivity contribution in [2.45, 2.75) is 0 Å². The molecule has 0 aliphatic heterocycles. The van der Waals surface area contributed by atoms with Crippen molar-refractivity contribution in [1.82, 2.24) is 9.13 Å². The van der Waals surface area contributed by atoms with Crippen molar-refractivity contribution in [3.63, 3.8) is 0 Å². The van der Waals surface area contributed by atoms with Crippen LogP contribution in [0, 0.1) is 34.0 Å². The van der Waals surface area contributed by atoms with Crippen LogP contribution in [0.5, 0.6) is 0 Å². The summed E-state index contributed by atoms with van der Waals surface area (Å²) in [7, 11) is 0. The van der Waals surface area contributed by atoms with Gasteiger partial charge in [0.1, 0.15) is 12.1 Å². The Balaban J connectivity index is 1.14. The standard InChI is InChI=1S/C57H33N5/c58-34-41-31-39(49-33-48(37-15-5-1-6-16-37)50(35-59)55(51(49)36-60)38-17-7-2-8-18-38)25-27-44(41)40-26-28-45-46-29-30-53-56(57(46)62(54(45)32-40)43-21-11-4-12-22-43)47-23-13-14-24-52(47)61(53)42-19-9-3-10-20-42/h1-33H. The molecule has 0 spiro atoms. The average molecular weight is 788 g/mol. The van der Waals surface area contributed by atoms with Crippen LogP contribution in [0.2, 0.25) is 0 Å². The van der Waals surface area contributed by atoms with Gasteiger partial charge in [0.25, 0.3) is 0 Å². The molecule has 0 aliphatic carbocycles. The van der Waals surface area contributed by atoms with Crippen molar-refractivity contribution in [3.8, 4) is 74.1 Å². The van der Waals surface area contributed by atoms with Gasteiger partial charge in [0.05, 0.1) is 44.8 Å². The van der Waals surface area contributed by atoms with Gasteiger partial charge in [0.15, 0.2) is 0 Å². The molecule has 11 aromatic rings. The highest BCUT2D eigenvalue weighted by Gasteiger charge is 2.24. The zero-order chi connectivity index (χ0) is 41.7. The molecule has 0 saturated carbocycles. The topological polar surface area (TPSA) is 81.2 Å². The molecule has 0 fully saturated rings. The maximum absolute atomic E-state index is 10.8. The van der Waals surface area contributed by atoms with Gasteiger partial charge in [-0.25, -0.2) is 0 Å². The van der Waals surface area contributed by atoms with Crippen molar-refractivity contribution < 1.29 is 0 Å². The van der Waals surface area contributed by atoms with E-state index in [9.17, 15) is 15.8 Å². The Labute approximate surface area is 358 Å². The van der Waals surface area contributed by atoms with Crippen molar-refractivity contribution in [2.24, 2.45) is 0 Å². The van der Waals surface area contributed by atoms with Crippen molar-refractivity contribution >= 4 is 43.6 Å². The van der Waals surface area contributed by atoms with Gasteiger partial charge in [-0.15, -0.1) is 0 Å². The molecule has 0 saturated heterocycles. The minimum Gasteiger partial charge on any atom is -0.309 e. The number of rotatable bonds is 6. The van der Waals surface area contributed by atoms with E-state index in [1.807, 2.05) is 97.1 Å². The second kappa shape index (κ2) is 14.7. The molecule has 2 aromatic heterocycles. The van der Waals surface area contributed by atoms with E-state index >= 15 is 0 Å². The highest BCUT2D eigenvalue weighted by Crippen LogP contribution is 2.45. The lowest BCUT2D eigenvalue weighted by Gasteiger charge is -2.17. The summed E-state index contributed by atoms with van der Waals surface area (Å²) < 4.78 is 4.71. The molecule has 0 N–H and O–H groups in total. The van der Waals surface area contributed by atoms with Gasteiger partial charge >= 0.3 is 0 Å². The lowest BCUT2D eigenvalue weighted by atomic mass is 9.83. The zero-order valence-corrected chi connectivity index (χ0v) is 33.3. The van der Waals surface area contributed by atoms with Crippen LogP contribution in [-0.4, -0.2) is 9.13 Å². The van der Waals surface area contributed by atoms with E-state index in [1.165, 1.54) is 10.8 Å². The maximum atomic E-state index is 10.8. The summed E-state index contributed by atoms with van der Waals surface area (Å²) in [5.41, 5.74) is 13.9. The third-order valence-electron chi connectivity index (χ3n) is 12.1. The molecule has 0 radical (unpaired) electrons. The van der Waals surface area contributed by atoms with E-state index in [1.54, 1.807) is 0 Å². The van der Waals surface area contributed by atoms with Crippen LogP contribution in [0.15, 0.2) is 200 Å². The van der Waals surface area contributed by atoms with Crippen LogP contribution < -0.4 is 0 Å². The average Bonchev–Trinajstić information content (AvgIpc) is 3.86. The summed E-state index contributed by atoms with van der Waals surface area (Å²) in [5.74, 6) is 0. The fourth-order valence-corrected chi connectivity index (χ4v) is 9.36. The zero-order valence-electron chi connectivity index (χ0n) is 33.3. The molecule has 0 aliphatic rings. The van der Waals surface area contributed by atoms with E-state index in [2.05, 4.69) is 130 Å².